The number of carbonyl (C=O) groups excluding carboxylic acids is 3. The molecule has 0 aliphatic heterocycles. The van der Waals surface area contributed by atoms with E-state index in [0.29, 0.717) is 25.2 Å². The zero-order valence-electron chi connectivity index (χ0n) is 25.6. The minimum Gasteiger partial charge on any atom is -0.497 e. The number of esters is 1. The topological polar surface area (TPSA) is 103 Å². The van der Waals surface area contributed by atoms with Crippen molar-refractivity contribution in [3.8, 4) is 5.75 Å². The van der Waals surface area contributed by atoms with Crippen molar-refractivity contribution in [1.29, 1.82) is 0 Å². The van der Waals surface area contributed by atoms with E-state index < -0.39 is 29.4 Å². The summed E-state index contributed by atoms with van der Waals surface area (Å²) in [7, 11) is 3.14. The molecule has 8 heteroatoms. The van der Waals surface area contributed by atoms with Crippen molar-refractivity contribution in [2.45, 2.75) is 71.1 Å². The van der Waals surface area contributed by atoms with Crippen molar-refractivity contribution < 1.29 is 28.6 Å². The number of ether oxygens (including phenoxy) is 3. The van der Waals surface area contributed by atoms with Gasteiger partial charge in [-0.15, -0.1) is 0 Å². The first-order chi connectivity index (χ1) is 20.1. The number of rotatable bonds is 14. The van der Waals surface area contributed by atoms with Crippen LogP contribution in [0.25, 0.3) is 0 Å². The Kier molecular flexibility index (Phi) is 12.6. The summed E-state index contributed by atoms with van der Waals surface area (Å²) in [6, 6.07) is 16.4. The molecule has 0 aromatic heterocycles. The van der Waals surface area contributed by atoms with Crippen LogP contribution in [-0.4, -0.2) is 50.2 Å². The van der Waals surface area contributed by atoms with E-state index in [1.54, 1.807) is 14.2 Å². The van der Waals surface area contributed by atoms with Crippen LogP contribution in [0, 0.1) is 17.8 Å². The standard InChI is InChI=1S/C34H46N2O6/c1-34(2,3)42-33(39)28(20-21-41-23-25-12-8-6-9-13-25)30(26-14-10-7-11-15-26)32(38)36-29(31(37)35-4)22-24-16-18-27(40-5)19-17-24/h6,8-10,12-14,16-19,26,28-30H,7,11,15,20-23H2,1-5H3,(H,35,37)(H,36,38). The van der Waals surface area contributed by atoms with Crippen LogP contribution in [-0.2, 0) is 36.9 Å². The summed E-state index contributed by atoms with van der Waals surface area (Å²) in [6.07, 6.45) is 7.32. The second-order valence-corrected chi connectivity index (χ2v) is 11.7. The van der Waals surface area contributed by atoms with Crippen molar-refractivity contribution in [2.24, 2.45) is 17.8 Å². The van der Waals surface area contributed by atoms with Crippen molar-refractivity contribution in [3.63, 3.8) is 0 Å². The molecule has 2 aromatic rings. The monoisotopic (exact) mass is 578 g/mol. The highest BCUT2D eigenvalue weighted by atomic mass is 16.6. The fourth-order valence-electron chi connectivity index (χ4n) is 5.26. The van der Waals surface area contributed by atoms with E-state index in [2.05, 4.69) is 16.7 Å². The van der Waals surface area contributed by atoms with Gasteiger partial charge < -0.3 is 24.8 Å². The normalized spacial score (nSPS) is 17.0. The molecule has 0 spiro atoms. The molecule has 0 saturated carbocycles. The molecule has 1 aliphatic rings. The smallest absolute Gasteiger partial charge is 0.310 e. The first-order valence-corrected chi connectivity index (χ1v) is 14.8. The molecule has 2 aromatic carbocycles. The highest BCUT2D eigenvalue weighted by Gasteiger charge is 2.41. The molecule has 42 heavy (non-hydrogen) atoms. The van der Waals surface area contributed by atoms with Gasteiger partial charge in [0.15, 0.2) is 0 Å². The maximum Gasteiger partial charge on any atom is 0.310 e. The highest BCUT2D eigenvalue weighted by molar-refractivity contribution is 5.91. The molecule has 2 amide bonds. The number of carbonyl (C=O) groups is 3. The predicted octanol–water partition coefficient (Wildman–Crippen LogP) is 5.01. The Bertz CT molecular complexity index is 1170. The van der Waals surface area contributed by atoms with Crippen molar-refractivity contribution >= 4 is 17.8 Å². The van der Waals surface area contributed by atoms with Crippen molar-refractivity contribution in [1.82, 2.24) is 10.6 Å². The average Bonchev–Trinajstić information content (AvgIpc) is 2.98. The van der Waals surface area contributed by atoms with Crippen molar-refractivity contribution in [2.75, 3.05) is 20.8 Å². The van der Waals surface area contributed by atoms with Gasteiger partial charge in [-0.05, 0) is 75.6 Å². The fourth-order valence-corrected chi connectivity index (χ4v) is 5.26. The minimum atomic E-state index is -0.820. The average molecular weight is 579 g/mol. The third-order valence-electron chi connectivity index (χ3n) is 7.36. The Balaban J connectivity index is 1.85. The summed E-state index contributed by atoms with van der Waals surface area (Å²) in [5.41, 5.74) is 1.18. The van der Waals surface area contributed by atoms with Crippen LogP contribution in [0.3, 0.4) is 0 Å². The molecule has 3 rings (SSSR count). The lowest BCUT2D eigenvalue weighted by Gasteiger charge is -2.34. The lowest BCUT2D eigenvalue weighted by atomic mass is 9.75. The number of amides is 2. The fraction of sp³-hybridized carbons (Fsp3) is 0.500. The second kappa shape index (κ2) is 16.1. The van der Waals surface area contributed by atoms with Gasteiger partial charge in [0.1, 0.15) is 17.4 Å². The number of allylic oxidation sites excluding steroid dienone is 2. The molecular formula is C34H46N2O6. The number of methoxy groups -OCH3 is 1. The quantitative estimate of drug-likeness (QED) is 0.186. The zero-order valence-corrected chi connectivity index (χ0v) is 25.6. The van der Waals surface area contributed by atoms with E-state index in [1.807, 2.05) is 81.4 Å². The van der Waals surface area contributed by atoms with E-state index in [4.69, 9.17) is 14.2 Å². The number of nitrogens with one attached hydrogen (secondary N) is 2. The van der Waals surface area contributed by atoms with Gasteiger partial charge in [0.2, 0.25) is 11.8 Å². The Labute approximate surface area is 250 Å². The van der Waals surface area contributed by atoms with Crippen LogP contribution in [0.2, 0.25) is 0 Å². The third-order valence-corrected chi connectivity index (χ3v) is 7.36. The predicted molar refractivity (Wildman–Crippen MR) is 163 cm³/mol. The number of benzene rings is 2. The van der Waals surface area contributed by atoms with E-state index in [-0.39, 0.29) is 24.3 Å². The van der Waals surface area contributed by atoms with Gasteiger partial charge in [-0.2, -0.15) is 0 Å². The van der Waals surface area contributed by atoms with Gasteiger partial charge in [-0.25, -0.2) is 0 Å². The molecule has 0 bridgehead atoms. The van der Waals surface area contributed by atoms with Gasteiger partial charge in [-0.3, -0.25) is 14.4 Å². The summed E-state index contributed by atoms with van der Waals surface area (Å²) in [6.45, 7) is 6.15. The summed E-state index contributed by atoms with van der Waals surface area (Å²) >= 11 is 0. The molecule has 0 saturated heterocycles. The first kappa shape index (κ1) is 32.9. The summed E-state index contributed by atoms with van der Waals surface area (Å²) < 4.78 is 17.0. The van der Waals surface area contributed by atoms with Crippen LogP contribution in [0.4, 0.5) is 0 Å². The molecule has 4 unspecified atom stereocenters. The van der Waals surface area contributed by atoms with E-state index >= 15 is 0 Å². The van der Waals surface area contributed by atoms with Gasteiger partial charge >= 0.3 is 5.97 Å². The summed E-state index contributed by atoms with van der Waals surface area (Å²) in [5.74, 6) is -2.02. The van der Waals surface area contributed by atoms with Crippen LogP contribution < -0.4 is 15.4 Å². The van der Waals surface area contributed by atoms with Gasteiger partial charge in [0.05, 0.1) is 25.6 Å². The number of likely N-dealkylation sites (N-methyl/N-ethyl adjacent to an activating group) is 1. The highest BCUT2D eigenvalue weighted by Crippen LogP contribution is 2.34. The lowest BCUT2D eigenvalue weighted by Crippen LogP contribution is -2.52. The van der Waals surface area contributed by atoms with Gasteiger partial charge in [0.25, 0.3) is 0 Å². The minimum absolute atomic E-state index is 0.170. The molecular weight excluding hydrogens is 532 g/mol. The largest absolute Gasteiger partial charge is 0.497 e. The molecule has 0 heterocycles. The third kappa shape index (κ3) is 10.3. The van der Waals surface area contributed by atoms with Gasteiger partial charge in [-0.1, -0.05) is 54.6 Å². The zero-order chi connectivity index (χ0) is 30.5. The molecule has 0 fully saturated rings. The van der Waals surface area contributed by atoms with Crippen LogP contribution in [0.5, 0.6) is 5.75 Å². The van der Waals surface area contributed by atoms with E-state index in [9.17, 15) is 14.4 Å². The molecule has 0 radical (unpaired) electrons. The first-order valence-electron chi connectivity index (χ1n) is 14.8. The maximum atomic E-state index is 14.1. The maximum absolute atomic E-state index is 14.1. The molecule has 8 nitrogen and oxygen atoms in total. The SMILES string of the molecule is CNC(=O)C(Cc1ccc(OC)cc1)NC(=O)C(C1C=CCCC1)C(CCOCc1ccccc1)C(=O)OC(C)(C)C. The summed E-state index contributed by atoms with van der Waals surface area (Å²) in [5, 5.41) is 5.66. The number of hydrogen-bond donors (Lipinski definition) is 2. The van der Waals surface area contributed by atoms with E-state index in [1.165, 1.54) is 0 Å². The molecule has 1 aliphatic carbocycles. The Hall–Kier alpha value is -3.65. The van der Waals surface area contributed by atoms with Gasteiger partial charge in [0, 0.05) is 20.1 Å². The Morgan fingerprint density at radius 3 is 2.29 bits per heavy atom. The van der Waals surface area contributed by atoms with E-state index in [0.717, 1.165) is 30.4 Å². The Morgan fingerprint density at radius 1 is 0.976 bits per heavy atom. The summed E-state index contributed by atoms with van der Waals surface area (Å²) in [4.78, 5) is 40.7. The van der Waals surface area contributed by atoms with Crippen LogP contribution in [0.1, 0.15) is 57.6 Å². The lowest BCUT2D eigenvalue weighted by molar-refractivity contribution is -0.166. The molecule has 4 atom stereocenters. The molecule has 2 N–H and O–H groups in total. The van der Waals surface area contributed by atoms with Crippen LogP contribution >= 0.6 is 0 Å². The van der Waals surface area contributed by atoms with Crippen molar-refractivity contribution in [3.05, 3.63) is 77.9 Å². The Morgan fingerprint density at radius 2 is 1.69 bits per heavy atom. The second-order valence-electron chi connectivity index (χ2n) is 11.7. The number of hydrogen-bond acceptors (Lipinski definition) is 6. The van der Waals surface area contributed by atoms with Crippen LogP contribution in [0.15, 0.2) is 66.7 Å². The molecule has 228 valence electrons.